The Morgan fingerprint density at radius 1 is 1.26 bits per heavy atom. The van der Waals surface area contributed by atoms with Crippen molar-refractivity contribution < 1.29 is 9.53 Å². The normalized spacial score (nSPS) is 19.4. The molecule has 2 heterocycles. The number of ether oxygens (including phenoxy) is 1. The van der Waals surface area contributed by atoms with Gasteiger partial charge in [0.1, 0.15) is 11.7 Å². The lowest BCUT2D eigenvalue weighted by atomic mass is 9.78. The molecule has 5 heteroatoms. The first kappa shape index (κ1) is 15.7. The molecule has 0 bridgehead atoms. The monoisotopic (exact) mass is 313 g/mol. The minimum Gasteiger partial charge on any atom is -0.444 e. The maximum atomic E-state index is 12.2. The summed E-state index contributed by atoms with van der Waals surface area (Å²) in [6.07, 6.45) is 0.780. The second kappa shape index (κ2) is 5.45. The molecule has 5 nitrogen and oxygen atoms in total. The molecule has 0 unspecified atom stereocenters. The van der Waals surface area contributed by atoms with Crippen LogP contribution in [0.1, 0.15) is 32.8 Å². The van der Waals surface area contributed by atoms with Gasteiger partial charge in [0.25, 0.3) is 0 Å². The predicted molar refractivity (Wildman–Crippen MR) is 88.2 cm³/mol. The quantitative estimate of drug-likeness (QED) is 0.800. The van der Waals surface area contributed by atoms with Gasteiger partial charge in [-0.1, -0.05) is 12.1 Å². The summed E-state index contributed by atoms with van der Waals surface area (Å²) in [5.41, 5.74) is 1.41. The van der Waals surface area contributed by atoms with Gasteiger partial charge in [-0.3, -0.25) is 0 Å². The SMILES string of the molecule is CC(C)(C)OC(=O)N1CCC2(C1)CN(c1ccccc1C#N)C2. The minimum atomic E-state index is -0.454. The van der Waals surface area contributed by atoms with Crippen molar-refractivity contribution in [1.29, 1.82) is 5.26 Å². The van der Waals surface area contributed by atoms with E-state index >= 15 is 0 Å². The fourth-order valence-corrected chi connectivity index (χ4v) is 3.45. The molecule has 0 atom stereocenters. The third-order valence-electron chi connectivity index (χ3n) is 4.51. The zero-order valence-electron chi connectivity index (χ0n) is 14.0. The number of nitriles is 1. The van der Waals surface area contributed by atoms with E-state index in [4.69, 9.17) is 4.74 Å². The summed E-state index contributed by atoms with van der Waals surface area (Å²) < 4.78 is 5.46. The van der Waals surface area contributed by atoms with E-state index in [-0.39, 0.29) is 11.5 Å². The van der Waals surface area contributed by atoms with Crippen LogP contribution in [0.2, 0.25) is 0 Å². The number of rotatable bonds is 1. The van der Waals surface area contributed by atoms with Gasteiger partial charge in [0.05, 0.1) is 11.3 Å². The first-order chi connectivity index (χ1) is 10.8. The van der Waals surface area contributed by atoms with Gasteiger partial charge in [0.2, 0.25) is 0 Å². The van der Waals surface area contributed by atoms with Gasteiger partial charge in [0.15, 0.2) is 0 Å². The average molecular weight is 313 g/mol. The maximum absolute atomic E-state index is 12.2. The van der Waals surface area contributed by atoms with Crippen LogP contribution in [-0.4, -0.2) is 42.8 Å². The number of likely N-dealkylation sites (tertiary alicyclic amines) is 1. The molecule has 0 aromatic heterocycles. The molecular weight excluding hydrogens is 290 g/mol. The largest absolute Gasteiger partial charge is 0.444 e. The van der Waals surface area contributed by atoms with Gasteiger partial charge in [0, 0.05) is 31.6 Å². The number of benzene rings is 1. The first-order valence-corrected chi connectivity index (χ1v) is 8.04. The van der Waals surface area contributed by atoms with Crippen LogP contribution in [0.25, 0.3) is 0 Å². The smallest absolute Gasteiger partial charge is 0.410 e. The summed E-state index contributed by atoms with van der Waals surface area (Å²) in [5.74, 6) is 0. The van der Waals surface area contributed by atoms with E-state index in [2.05, 4.69) is 11.0 Å². The van der Waals surface area contributed by atoms with E-state index in [0.717, 1.165) is 38.3 Å². The molecule has 2 aliphatic rings. The molecule has 23 heavy (non-hydrogen) atoms. The van der Waals surface area contributed by atoms with Gasteiger partial charge < -0.3 is 14.5 Å². The van der Waals surface area contributed by atoms with Crippen molar-refractivity contribution in [3.8, 4) is 6.07 Å². The number of anilines is 1. The van der Waals surface area contributed by atoms with Gasteiger partial charge in [-0.2, -0.15) is 5.26 Å². The van der Waals surface area contributed by atoms with E-state index in [1.165, 1.54) is 0 Å². The number of para-hydroxylation sites is 1. The molecule has 1 aromatic carbocycles. The Balaban J connectivity index is 1.61. The molecule has 0 aliphatic carbocycles. The zero-order chi connectivity index (χ0) is 16.7. The van der Waals surface area contributed by atoms with E-state index < -0.39 is 5.60 Å². The lowest BCUT2D eigenvalue weighted by Gasteiger charge is -2.49. The van der Waals surface area contributed by atoms with Crippen molar-refractivity contribution in [1.82, 2.24) is 4.90 Å². The van der Waals surface area contributed by atoms with Crippen LogP contribution >= 0.6 is 0 Å². The summed E-state index contributed by atoms with van der Waals surface area (Å²) >= 11 is 0. The molecule has 2 fully saturated rings. The maximum Gasteiger partial charge on any atom is 0.410 e. The van der Waals surface area contributed by atoms with Crippen LogP contribution < -0.4 is 4.90 Å². The molecule has 2 saturated heterocycles. The summed E-state index contributed by atoms with van der Waals surface area (Å²) in [7, 11) is 0. The Morgan fingerprint density at radius 2 is 1.96 bits per heavy atom. The highest BCUT2D eigenvalue weighted by Crippen LogP contribution is 2.42. The van der Waals surface area contributed by atoms with Crippen molar-refractivity contribution in [3.05, 3.63) is 29.8 Å². The minimum absolute atomic E-state index is 0.152. The number of carbonyl (C=O) groups is 1. The van der Waals surface area contributed by atoms with Crippen molar-refractivity contribution in [2.75, 3.05) is 31.1 Å². The van der Waals surface area contributed by atoms with Crippen LogP contribution in [-0.2, 0) is 4.74 Å². The predicted octanol–water partition coefficient (Wildman–Crippen LogP) is 3.01. The van der Waals surface area contributed by atoms with Crippen LogP contribution in [0.5, 0.6) is 0 Å². The Morgan fingerprint density at radius 3 is 2.61 bits per heavy atom. The van der Waals surface area contributed by atoms with Crippen LogP contribution in [0.3, 0.4) is 0 Å². The fraction of sp³-hybridized carbons (Fsp3) is 0.556. The number of carbonyl (C=O) groups excluding carboxylic acids is 1. The number of hydrogen-bond acceptors (Lipinski definition) is 4. The number of hydrogen-bond donors (Lipinski definition) is 0. The Kier molecular flexibility index (Phi) is 3.71. The molecule has 1 aromatic rings. The molecule has 3 rings (SSSR count). The van der Waals surface area contributed by atoms with Crippen molar-refractivity contribution in [2.24, 2.45) is 5.41 Å². The van der Waals surface area contributed by atoms with E-state index in [1.807, 2.05) is 49.9 Å². The van der Waals surface area contributed by atoms with E-state index in [1.54, 1.807) is 0 Å². The van der Waals surface area contributed by atoms with Crippen molar-refractivity contribution in [3.63, 3.8) is 0 Å². The second-order valence-corrected chi connectivity index (χ2v) is 7.64. The number of amides is 1. The Labute approximate surface area is 137 Å². The Hall–Kier alpha value is -2.22. The van der Waals surface area contributed by atoms with E-state index in [0.29, 0.717) is 5.56 Å². The summed E-state index contributed by atoms with van der Waals surface area (Å²) in [6.45, 7) is 8.95. The third-order valence-corrected chi connectivity index (χ3v) is 4.51. The lowest BCUT2D eigenvalue weighted by molar-refractivity contribution is 0.0265. The third kappa shape index (κ3) is 3.12. The van der Waals surface area contributed by atoms with Crippen LogP contribution in [0.4, 0.5) is 10.5 Å². The zero-order valence-corrected chi connectivity index (χ0v) is 14.0. The Bertz CT molecular complexity index is 651. The van der Waals surface area contributed by atoms with Crippen molar-refractivity contribution >= 4 is 11.8 Å². The van der Waals surface area contributed by atoms with Gasteiger partial charge in [-0.05, 0) is 39.3 Å². The molecule has 1 amide bonds. The summed E-state index contributed by atoms with van der Waals surface area (Å²) in [4.78, 5) is 16.2. The molecule has 0 saturated carbocycles. The summed E-state index contributed by atoms with van der Waals surface area (Å²) in [5, 5.41) is 9.22. The highest BCUT2D eigenvalue weighted by Gasteiger charge is 2.49. The van der Waals surface area contributed by atoms with Gasteiger partial charge in [-0.15, -0.1) is 0 Å². The summed E-state index contributed by atoms with van der Waals surface area (Å²) in [6, 6.07) is 9.94. The molecule has 0 radical (unpaired) electrons. The van der Waals surface area contributed by atoms with E-state index in [9.17, 15) is 10.1 Å². The van der Waals surface area contributed by atoms with Gasteiger partial charge >= 0.3 is 6.09 Å². The second-order valence-electron chi connectivity index (χ2n) is 7.64. The first-order valence-electron chi connectivity index (χ1n) is 8.04. The number of nitrogens with zero attached hydrogens (tertiary/aromatic N) is 3. The highest BCUT2D eigenvalue weighted by atomic mass is 16.6. The molecule has 122 valence electrons. The standard InChI is InChI=1S/C18H23N3O2/c1-17(2,3)23-16(22)20-9-8-18(11-20)12-21(13-18)15-7-5-4-6-14(15)10-19/h4-7H,8-9,11-13H2,1-3H3. The van der Waals surface area contributed by atoms with Crippen molar-refractivity contribution in [2.45, 2.75) is 32.8 Å². The molecular formula is C18H23N3O2. The molecule has 1 spiro atoms. The highest BCUT2D eigenvalue weighted by molar-refractivity contribution is 5.69. The van der Waals surface area contributed by atoms with Gasteiger partial charge in [-0.25, -0.2) is 4.79 Å². The van der Waals surface area contributed by atoms with Crippen LogP contribution in [0, 0.1) is 16.7 Å². The lowest BCUT2D eigenvalue weighted by Crippen LogP contribution is -2.58. The molecule has 2 aliphatic heterocycles. The van der Waals surface area contributed by atoms with Crippen LogP contribution in [0.15, 0.2) is 24.3 Å². The molecule has 0 N–H and O–H groups in total. The average Bonchev–Trinajstić information content (AvgIpc) is 2.89. The fourth-order valence-electron chi connectivity index (χ4n) is 3.45. The topological polar surface area (TPSA) is 56.6 Å².